The van der Waals surface area contributed by atoms with E-state index in [2.05, 4.69) is 10.1 Å². The molecule has 0 aliphatic carbocycles. The van der Waals surface area contributed by atoms with Gasteiger partial charge in [0, 0.05) is 12.3 Å². The SMILES string of the molecule is CC(C)OC(=O)[C@H](C)NP(=S)(OC[C@H]1O[C@@H](n2ccc(=O)[nH]c2=O)[C@](C)(OC(=O)C(C)C)[C@@H]1OC(=O)C(C)C)Oc1ccccc1. The molecule has 6 atom stereocenters. The van der Waals surface area contributed by atoms with E-state index in [0.29, 0.717) is 5.75 Å². The Bertz CT molecular complexity index is 1540. The number of aromatic nitrogens is 2. The van der Waals surface area contributed by atoms with Gasteiger partial charge in [-0.3, -0.25) is 28.7 Å². The molecule has 1 fully saturated rings. The van der Waals surface area contributed by atoms with Crippen LogP contribution in [-0.4, -0.2) is 64.0 Å². The van der Waals surface area contributed by atoms with E-state index in [-0.39, 0.29) is 6.10 Å². The van der Waals surface area contributed by atoms with Crippen molar-refractivity contribution < 1.29 is 42.4 Å². The van der Waals surface area contributed by atoms with Crippen LogP contribution >= 0.6 is 6.64 Å². The number of carbonyl (C=O) groups excluding carboxylic acids is 3. The van der Waals surface area contributed by atoms with E-state index in [1.807, 2.05) is 0 Å². The van der Waals surface area contributed by atoms with Crippen LogP contribution in [0.15, 0.2) is 52.2 Å². The third kappa shape index (κ3) is 9.35. The molecule has 1 unspecified atom stereocenters. The van der Waals surface area contributed by atoms with Crippen LogP contribution < -0.4 is 20.9 Å². The van der Waals surface area contributed by atoms with Gasteiger partial charge in [-0.15, -0.1) is 0 Å². The molecule has 2 N–H and O–H groups in total. The summed E-state index contributed by atoms with van der Waals surface area (Å²) in [5.74, 6) is -2.70. The number of H-pyrrole nitrogens is 1. The summed E-state index contributed by atoms with van der Waals surface area (Å²) in [6, 6.07) is 8.71. The third-order valence-electron chi connectivity index (χ3n) is 6.74. The van der Waals surface area contributed by atoms with Crippen molar-refractivity contribution in [3.05, 3.63) is 63.4 Å². The minimum absolute atomic E-state index is 0.353. The maximum Gasteiger partial charge on any atom is 0.330 e. The number of benzene rings is 1. The molecular formula is C30H42N3O11PS. The zero-order valence-corrected chi connectivity index (χ0v) is 28.8. The summed E-state index contributed by atoms with van der Waals surface area (Å²) in [4.78, 5) is 65.6. The molecule has 0 bridgehead atoms. The highest BCUT2D eigenvalue weighted by Gasteiger charge is 2.60. The lowest BCUT2D eigenvalue weighted by molar-refractivity contribution is -0.191. The first-order chi connectivity index (χ1) is 21.5. The average molecular weight is 684 g/mol. The Balaban J connectivity index is 2.05. The van der Waals surface area contributed by atoms with Crippen molar-refractivity contribution in [1.29, 1.82) is 0 Å². The van der Waals surface area contributed by atoms with Crippen LogP contribution in [0.2, 0.25) is 0 Å². The molecule has 1 aromatic carbocycles. The van der Waals surface area contributed by atoms with Crippen LogP contribution in [0.4, 0.5) is 0 Å². The van der Waals surface area contributed by atoms with Crippen LogP contribution in [0.3, 0.4) is 0 Å². The van der Waals surface area contributed by atoms with Gasteiger partial charge < -0.3 is 28.0 Å². The molecule has 0 radical (unpaired) electrons. The largest absolute Gasteiger partial charge is 0.462 e. The van der Waals surface area contributed by atoms with E-state index in [9.17, 15) is 24.0 Å². The molecule has 14 nitrogen and oxygen atoms in total. The monoisotopic (exact) mass is 683 g/mol. The first kappa shape index (κ1) is 37.1. The minimum Gasteiger partial charge on any atom is -0.462 e. The van der Waals surface area contributed by atoms with Crippen LogP contribution in [0.5, 0.6) is 5.75 Å². The molecule has 0 amide bonds. The topological polar surface area (TPSA) is 173 Å². The summed E-state index contributed by atoms with van der Waals surface area (Å²) < 4.78 is 36.7. The molecule has 3 rings (SSSR count). The highest BCUT2D eigenvalue weighted by Crippen LogP contribution is 2.48. The second kappa shape index (κ2) is 15.5. The number of nitrogens with one attached hydrogen (secondary N) is 2. The highest BCUT2D eigenvalue weighted by molar-refractivity contribution is 8.09. The number of carbonyl (C=O) groups is 3. The lowest BCUT2D eigenvalue weighted by Gasteiger charge is -2.35. The lowest BCUT2D eigenvalue weighted by atomic mass is 9.95. The Morgan fingerprint density at radius 1 is 1.00 bits per heavy atom. The quantitative estimate of drug-likeness (QED) is 0.169. The van der Waals surface area contributed by atoms with Crippen LogP contribution in [-0.2, 0) is 49.7 Å². The summed E-state index contributed by atoms with van der Waals surface area (Å²) in [7, 11) is 0. The Hall–Kier alpha value is -3.36. The molecule has 46 heavy (non-hydrogen) atoms. The molecule has 1 aromatic heterocycles. The summed E-state index contributed by atoms with van der Waals surface area (Å²) in [6.07, 6.45) is -3.08. The third-order valence-corrected chi connectivity index (χ3v) is 9.24. The Morgan fingerprint density at radius 2 is 1.63 bits per heavy atom. The van der Waals surface area contributed by atoms with Gasteiger partial charge in [-0.1, -0.05) is 45.9 Å². The maximum absolute atomic E-state index is 13.0. The highest BCUT2D eigenvalue weighted by atomic mass is 32.5. The van der Waals surface area contributed by atoms with Gasteiger partial charge in [0.2, 0.25) is 0 Å². The first-order valence-electron chi connectivity index (χ1n) is 14.8. The van der Waals surface area contributed by atoms with Crippen molar-refractivity contribution in [2.24, 2.45) is 11.8 Å². The van der Waals surface area contributed by atoms with Gasteiger partial charge in [-0.25, -0.2) is 9.88 Å². The van der Waals surface area contributed by atoms with Crippen molar-refractivity contribution in [3.63, 3.8) is 0 Å². The number of ether oxygens (including phenoxy) is 4. The van der Waals surface area contributed by atoms with E-state index in [0.717, 1.165) is 10.6 Å². The second-order valence-electron chi connectivity index (χ2n) is 11.9. The predicted octanol–water partition coefficient (Wildman–Crippen LogP) is 3.21. The fraction of sp³-hybridized carbons (Fsp3) is 0.567. The van der Waals surface area contributed by atoms with Crippen molar-refractivity contribution in [3.8, 4) is 5.75 Å². The Kier molecular flexibility index (Phi) is 12.5. The van der Waals surface area contributed by atoms with Crippen LogP contribution in [0.1, 0.15) is 61.6 Å². The lowest BCUT2D eigenvalue weighted by Crippen LogP contribution is -2.52. The van der Waals surface area contributed by atoms with Crippen molar-refractivity contribution in [2.45, 2.75) is 91.6 Å². The Labute approximate surface area is 272 Å². The second-order valence-corrected chi connectivity index (χ2v) is 15.0. The number of nitrogens with zero attached hydrogens (tertiary/aromatic N) is 1. The number of hydrogen-bond acceptors (Lipinski definition) is 12. The molecule has 0 saturated carbocycles. The predicted molar refractivity (Wildman–Crippen MR) is 170 cm³/mol. The smallest absolute Gasteiger partial charge is 0.330 e. The van der Waals surface area contributed by atoms with Gasteiger partial charge in [0.05, 0.1) is 24.5 Å². The normalized spacial score (nSPS) is 23.2. The number of aromatic amines is 1. The standard InChI is InChI=1S/C30H42N3O11PS/c1-17(2)25(35)42-24-22(41-28(30(24,8)43-26(36)18(3)4)33-15-14-23(34)31-29(33)38)16-39-45(46,44-21-12-10-9-11-13-21)32-20(7)27(37)40-19(5)6/h9-15,17-20,22,24,28H,16H2,1-8H3,(H,32,46)(H,31,34,38)/t20-,22+,24+,28+,30+,45?/m0/s1. The maximum atomic E-state index is 13.0. The van der Waals surface area contributed by atoms with Gasteiger partial charge in [-0.05, 0) is 51.6 Å². The molecule has 1 saturated heterocycles. The molecule has 1 aliphatic rings. The summed E-state index contributed by atoms with van der Waals surface area (Å²) in [6.45, 7) is 8.93. The summed E-state index contributed by atoms with van der Waals surface area (Å²) >= 11 is 5.82. The van der Waals surface area contributed by atoms with E-state index < -0.39 is 84.3 Å². The van der Waals surface area contributed by atoms with Crippen molar-refractivity contribution in [1.82, 2.24) is 14.6 Å². The van der Waals surface area contributed by atoms with Gasteiger partial charge >= 0.3 is 30.2 Å². The molecular weight excluding hydrogens is 641 g/mol. The number of rotatable bonds is 14. The van der Waals surface area contributed by atoms with E-state index in [1.165, 1.54) is 13.1 Å². The van der Waals surface area contributed by atoms with Crippen LogP contribution in [0.25, 0.3) is 0 Å². The van der Waals surface area contributed by atoms with E-state index in [1.54, 1.807) is 78.8 Å². The van der Waals surface area contributed by atoms with Gasteiger partial charge in [0.1, 0.15) is 17.9 Å². The molecule has 16 heteroatoms. The number of hydrogen-bond donors (Lipinski definition) is 2. The molecule has 2 heterocycles. The average Bonchev–Trinajstić information content (AvgIpc) is 3.22. The van der Waals surface area contributed by atoms with Crippen molar-refractivity contribution in [2.75, 3.05) is 6.61 Å². The summed E-state index contributed by atoms with van der Waals surface area (Å²) in [5, 5.41) is 2.93. The van der Waals surface area contributed by atoms with Crippen LogP contribution in [0, 0.1) is 11.8 Å². The molecule has 0 spiro atoms. The Morgan fingerprint density at radius 3 is 2.20 bits per heavy atom. The minimum atomic E-state index is -3.58. The molecule has 254 valence electrons. The van der Waals surface area contributed by atoms with Gasteiger partial charge in [0.15, 0.2) is 17.9 Å². The fourth-order valence-electron chi connectivity index (χ4n) is 4.37. The zero-order valence-electron chi connectivity index (χ0n) is 27.1. The van der Waals surface area contributed by atoms with Crippen molar-refractivity contribution >= 4 is 36.4 Å². The van der Waals surface area contributed by atoms with Gasteiger partial charge in [-0.2, -0.15) is 0 Å². The van der Waals surface area contributed by atoms with E-state index >= 15 is 0 Å². The molecule has 1 aliphatic heterocycles. The zero-order chi connectivity index (χ0) is 34.4. The van der Waals surface area contributed by atoms with Gasteiger partial charge in [0.25, 0.3) is 5.56 Å². The number of para-hydroxylation sites is 1. The fourth-order valence-corrected chi connectivity index (χ4v) is 6.78. The van der Waals surface area contributed by atoms with E-state index in [4.69, 9.17) is 39.8 Å². The number of esters is 3. The summed E-state index contributed by atoms with van der Waals surface area (Å²) in [5.41, 5.74) is -3.29. The first-order valence-corrected chi connectivity index (χ1v) is 17.5. The molecule has 2 aromatic rings.